The first-order valence-electron chi connectivity index (χ1n) is 7.74. The van der Waals surface area contributed by atoms with Crippen molar-refractivity contribution >= 4 is 11.7 Å². The molecule has 1 heterocycles. The highest BCUT2D eigenvalue weighted by Crippen LogP contribution is 2.17. The van der Waals surface area contributed by atoms with Gasteiger partial charge in [-0.05, 0) is 30.5 Å². The number of carbonyl (C=O) groups is 1. The number of nitrogens with zero attached hydrogens (tertiary/aromatic N) is 1. The van der Waals surface area contributed by atoms with E-state index in [2.05, 4.69) is 39.8 Å². The van der Waals surface area contributed by atoms with Gasteiger partial charge in [0.05, 0.1) is 0 Å². The van der Waals surface area contributed by atoms with E-state index in [1.807, 2.05) is 26.0 Å². The Morgan fingerprint density at radius 3 is 2.45 bits per heavy atom. The fraction of sp³-hybridized carbons (Fsp3) is 0.471. The maximum absolute atomic E-state index is 11.8. The number of rotatable bonds is 6. The Morgan fingerprint density at radius 2 is 1.86 bits per heavy atom. The summed E-state index contributed by atoms with van der Waals surface area (Å²) < 4.78 is 0. The second-order valence-electron chi connectivity index (χ2n) is 5.82. The average Bonchev–Trinajstić information content (AvgIpc) is 3.07. The van der Waals surface area contributed by atoms with Crippen molar-refractivity contribution in [3.63, 3.8) is 0 Å². The maximum atomic E-state index is 11.8. The first kappa shape index (κ1) is 16.4. The molecule has 0 aromatic heterocycles. The van der Waals surface area contributed by atoms with Gasteiger partial charge in [-0.15, -0.1) is 0 Å². The van der Waals surface area contributed by atoms with Gasteiger partial charge in [0.25, 0.3) is 0 Å². The van der Waals surface area contributed by atoms with E-state index in [1.165, 1.54) is 5.69 Å². The van der Waals surface area contributed by atoms with Gasteiger partial charge in [0, 0.05) is 38.0 Å². The molecule has 0 saturated carbocycles. The summed E-state index contributed by atoms with van der Waals surface area (Å²) in [6.07, 6.45) is 4.32. The first-order valence-corrected chi connectivity index (χ1v) is 7.74. The molecule has 2 unspecified atom stereocenters. The van der Waals surface area contributed by atoms with Crippen LogP contribution in [0.25, 0.3) is 0 Å². The molecule has 1 aromatic carbocycles. The van der Waals surface area contributed by atoms with Crippen LogP contribution >= 0.6 is 0 Å². The van der Waals surface area contributed by atoms with Crippen LogP contribution in [0.1, 0.15) is 19.4 Å². The molecule has 3 N–H and O–H groups in total. The van der Waals surface area contributed by atoms with E-state index in [-0.39, 0.29) is 24.6 Å². The number of benzene rings is 1. The zero-order valence-corrected chi connectivity index (χ0v) is 13.2. The number of hydrogen-bond donors (Lipinski definition) is 3. The van der Waals surface area contributed by atoms with Crippen LogP contribution in [0.15, 0.2) is 36.4 Å². The van der Waals surface area contributed by atoms with Gasteiger partial charge in [-0.25, -0.2) is 4.79 Å². The van der Waals surface area contributed by atoms with Gasteiger partial charge in [-0.1, -0.05) is 31.2 Å². The fourth-order valence-corrected chi connectivity index (χ4v) is 2.25. The Hall–Kier alpha value is -2.01. The minimum atomic E-state index is -0.208. The second kappa shape index (κ2) is 7.84. The number of urea groups is 1. The summed E-state index contributed by atoms with van der Waals surface area (Å²) >= 11 is 0. The van der Waals surface area contributed by atoms with Crippen molar-refractivity contribution < 1.29 is 9.90 Å². The van der Waals surface area contributed by atoms with Crippen molar-refractivity contribution in [3.05, 3.63) is 42.0 Å². The summed E-state index contributed by atoms with van der Waals surface area (Å²) in [6, 6.07) is 7.97. The number of amides is 2. The quantitative estimate of drug-likeness (QED) is 0.703. The SMILES string of the molecule is CC(CO)C(C)NC(=O)NCc1ccc(N2CC=CC2)cc1. The highest BCUT2D eigenvalue weighted by molar-refractivity contribution is 5.74. The van der Waals surface area contributed by atoms with Crippen molar-refractivity contribution in [3.8, 4) is 0 Å². The second-order valence-corrected chi connectivity index (χ2v) is 5.82. The zero-order valence-electron chi connectivity index (χ0n) is 13.2. The van der Waals surface area contributed by atoms with E-state index in [0.717, 1.165) is 18.7 Å². The Balaban J connectivity index is 1.77. The minimum Gasteiger partial charge on any atom is -0.396 e. The molecule has 22 heavy (non-hydrogen) atoms. The number of aliphatic hydroxyl groups excluding tert-OH is 1. The normalized spacial score (nSPS) is 16.4. The van der Waals surface area contributed by atoms with Crippen LogP contribution in [0, 0.1) is 5.92 Å². The molecule has 120 valence electrons. The number of aliphatic hydroxyl groups is 1. The lowest BCUT2D eigenvalue weighted by molar-refractivity contribution is 0.200. The molecular weight excluding hydrogens is 278 g/mol. The van der Waals surface area contributed by atoms with Crippen molar-refractivity contribution in [2.24, 2.45) is 5.92 Å². The number of carbonyl (C=O) groups excluding carboxylic acids is 1. The Labute approximate surface area is 132 Å². The molecule has 1 aliphatic heterocycles. The van der Waals surface area contributed by atoms with Gasteiger partial charge in [-0.3, -0.25) is 0 Å². The van der Waals surface area contributed by atoms with Crippen molar-refractivity contribution in [2.75, 3.05) is 24.6 Å². The minimum absolute atomic E-state index is 0.0408. The molecule has 5 heteroatoms. The summed E-state index contributed by atoms with van der Waals surface area (Å²) in [7, 11) is 0. The zero-order chi connectivity index (χ0) is 15.9. The predicted octanol–water partition coefficient (Wildman–Crippen LogP) is 1.88. The van der Waals surface area contributed by atoms with E-state index in [0.29, 0.717) is 6.54 Å². The van der Waals surface area contributed by atoms with Crippen LogP contribution in [0.5, 0.6) is 0 Å². The van der Waals surface area contributed by atoms with Crippen LogP contribution in [0.4, 0.5) is 10.5 Å². The van der Waals surface area contributed by atoms with E-state index < -0.39 is 0 Å². The first-order chi connectivity index (χ1) is 10.6. The van der Waals surface area contributed by atoms with Gasteiger partial charge >= 0.3 is 6.03 Å². The molecule has 0 fully saturated rings. The predicted molar refractivity (Wildman–Crippen MR) is 88.9 cm³/mol. The molecule has 0 bridgehead atoms. The lowest BCUT2D eigenvalue weighted by atomic mass is 10.1. The third-order valence-corrected chi connectivity index (χ3v) is 4.07. The molecule has 0 aliphatic carbocycles. The van der Waals surface area contributed by atoms with Crippen molar-refractivity contribution in [1.82, 2.24) is 10.6 Å². The summed E-state index contributed by atoms with van der Waals surface area (Å²) in [4.78, 5) is 14.1. The third kappa shape index (κ3) is 4.49. The maximum Gasteiger partial charge on any atom is 0.315 e. The number of anilines is 1. The summed E-state index contributed by atoms with van der Waals surface area (Å²) in [5.74, 6) is 0.0408. The Bertz CT molecular complexity index is 505. The van der Waals surface area contributed by atoms with Crippen LogP contribution in [0.2, 0.25) is 0 Å². The van der Waals surface area contributed by atoms with Crippen molar-refractivity contribution in [1.29, 1.82) is 0 Å². The van der Waals surface area contributed by atoms with Crippen LogP contribution in [-0.2, 0) is 6.54 Å². The van der Waals surface area contributed by atoms with Gasteiger partial charge in [0.15, 0.2) is 0 Å². The molecule has 2 atom stereocenters. The summed E-state index contributed by atoms with van der Waals surface area (Å²) in [6.45, 7) is 6.26. The Morgan fingerprint density at radius 1 is 1.23 bits per heavy atom. The monoisotopic (exact) mass is 303 g/mol. The van der Waals surface area contributed by atoms with E-state index in [9.17, 15) is 4.79 Å². The Kier molecular flexibility index (Phi) is 5.83. The van der Waals surface area contributed by atoms with E-state index in [1.54, 1.807) is 0 Å². The molecule has 2 rings (SSSR count). The fourth-order valence-electron chi connectivity index (χ4n) is 2.25. The standard InChI is InChI=1S/C17H25N3O2/c1-13(12-21)14(2)19-17(22)18-11-15-5-7-16(8-6-15)20-9-3-4-10-20/h3-8,13-14,21H,9-12H2,1-2H3,(H2,18,19,22). The topological polar surface area (TPSA) is 64.6 Å². The molecule has 1 aromatic rings. The molecular formula is C17H25N3O2. The lowest BCUT2D eigenvalue weighted by Gasteiger charge is -2.20. The number of hydrogen-bond acceptors (Lipinski definition) is 3. The van der Waals surface area contributed by atoms with E-state index >= 15 is 0 Å². The van der Waals surface area contributed by atoms with Gasteiger partial charge in [-0.2, -0.15) is 0 Å². The lowest BCUT2D eigenvalue weighted by Crippen LogP contribution is -2.43. The van der Waals surface area contributed by atoms with Crippen LogP contribution in [0.3, 0.4) is 0 Å². The largest absolute Gasteiger partial charge is 0.396 e. The van der Waals surface area contributed by atoms with Crippen LogP contribution < -0.4 is 15.5 Å². The van der Waals surface area contributed by atoms with Crippen LogP contribution in [-0.4, -0.2) is 36.9 Å². The highest BCUT2D eigenvalue weighted by atomic mass is 16.3. The number of nitrogens with one attached hydrogen (secondary N) is 2. The smallest absolute Gasteiger partial charge is 0.315 e. The van der Waals surface area contributed by atoms with Gasteiger partial charge in [0.2, 0.25) is 0 Å². The molecule has 2 amide bonds. The molecule has 0 spiro atoms. The third-order valence-electron chi connectivity index (χ3n) is 4.07. The highest BCUT2D eigenvalue weighted by Gasteiger charge is 2.13. The summed E-state index contributed by atoms with van der Waals surface area (Å²) in [5, 5.41) is 14.7. The van der Waals surface area contributed by atoms with E-state index in [4.69, 9.17) is 5.11 Å². The summed E-state index contributed by atoms with van der Waals surface area (Å²) in [5.41, 5.74) is 2.26. The molecule has 0 saturated heterocycles. The molecule has 5 nitrogen and oxygen atoms in total. The van der Waals surface area contributed by atoms with Gasteiger partial charge < -0.3 is 20.6 Å². The average molecular weight is 303 g/mol. The molecule has 1 aliphatic rings. The van der Waals surface area contributed by atoms with Crippen molar-refractivity contribution in [2.45, 2.75) is 26.4 Å². The van der Waals surface area contributed by atoms with Gasteiger partial charge in [0.1, 0.15) is 0 Å². The molecule has 0 radical (unpaired) electrons.